The summed E-state index contributed by atoms with van der Waals surface area (Å²) in [6.45, 7) is 3.50. The zero-order valence-corrected chi connectivity index (χ0v) is 15.8. The molecular formula is C20H19N3O3S. The molecule has 7 heteroatoms. The summed E-state index contributed by atoms with van der Waals surface area (Å²) in [5, 5.41) is 10.6. The monoisotopic (exact) mass is 381 g/mol. The van der Waals surface area contributed by atoms with Gasteiger partial charge in [0.2, 0.25) is 0 Å². The third-order valence-corrected chi connectivity index (χ3v) is 5.67. The number of carbonyl (C=O) groups is 1. The Morgan fingerprint density at radius 3 is 2.33 bits per heavy atom. The van der Waals surface area contributed by atoms with E-state index in [1.54, 1.807) is 43.3 Å². The Balaban J connectivity index is 1.74. The summed E-state index contributed by atoms with van der Waals surface area (Å²) in [7, 11) is -3.37. The van der Waals surface area contributed by atoms with Gasteiger partial charge in [-0.05, 0) is 43.3 Å². The van der Waals surface area contributed by atoms with Crippen LogP contribution in [-0.2, 0) is 9.84 Å². The van der Waals surface area contributed by atoms with Crippen LogP contribution in [-0.4, -0.2) is 30.3 Å². The fraction of sp³-hybridized carbons (Fsp3) is 0.150. The smallest absolute Gasteiger partial charge is 0.255 e. The number of rotatable bonds is 5. The first-order valence-electron chi connectivity index (χ1n) is 8.44. The van der Waals surface area contributed by atoms with Crippen molar-refractivity contribution in [1.29, 1.82) is 0 Å². The molecule has 0 aliphatic heterocycles. The molecule has 1 N–H and O–H groups in total. The lowest BCUT2D eigenvalue weighted by Gasteiger charge is -2.07. The maximum Gasteiger partial charge on any atom is 0.255 e. The molecule has 0 bridgehead atoms. The van der Waals surface area contributed by atoms with Crippen LogP contribution in [0.5, 0.6) is 0 Å². The highest BCUT2D eigenvalue weighted by Crippen LogP contribution is 2.20. The van der Waals surface area contributed by atoms with Crippen molar-refractivity contribution in [2.75, 3.05) is 11.1 Å². The molecule has 0 aliphatic carbocycles. The van der Waals surface area contributed by atoms with Crippen LogP contribution in [0, 0.1) is 6.92 Å². The van der Waals surface area contributed by atoms with Gasteiger partial charge in [0.1, 0.15) is 0 Å². The van der Waals surface area contributed by atoms with Gasteiger partial charge in [0.15, 0.2) is 14.9 Å². The zero-order chi connectivity index (χ0) is 19.4. The van der Waals surface area contributed by atoms with E-state index in [4.69, 9.17) is 0 Å². The molecule has 138 valence electrons. The molecule has 0 saturated heterocycles. The van der Waals surface area contributed by atoms with Gasteiger partial charge in [-0.25, -0.2) is 8.42 Å². The molecule has 0 fully saturated rings. The van der Waals surface area contributed by atoms with E-state index < -0.39 is 9.84 Å². The highest BCUT2D eigenvalue weighted by molar-refractivity contribution is 7.91. The van der Waals surface area contributed by atoms with Crippen molar-refractivity contribution in [3.05, 3.63) is 71.8 Å². The summed E-state index contributed by atoms with van der Waals surface area (Å²) in [5.41, 5.74) is 3.60. The Kier molecular flexibility index (Phi) is 5.32. The third kappa shape index (κ3) is 4.38. The van der Waals surface area contributed by atoms with Gasteiger partial charge >= 0.3 is 0 Å². The Morgan fingerprint density at radius 2 is 1.74 bits per heavy atom. The fourth-order valence-corrected chi connectivity index (χ4v) is 3.24. The normalized spacial score (nSPS) is 11.2. The minimum Gasteiger partial charge on any atom is -0.322 e. The SMILES string of the molecule is CCS(=O)(=O)c1ccc(-c2ccc(NC(=O)c3cccc(C)c3)cc2)nn1. The number of nitrogens with one attached hydrogen (secondary N) is 1. The van der Waals surface area contributed by atoms with E-state index in [1.807, 2.05) is 25.1 Å². The summed E-state index contributed by atoms with van der Waals surface area (Å²) >= 11 is 0. The second kappa shape index (κ2) is 7.67. The van der Waals surface area contributed by atoms with Crippen molar-refractivity contribution in [2.45, 2.75) is 18.9 Å². The molecule has 2 aromatic carbocycles. The lowest BCUT2D eigenvalue weighted by Crippen LogP contribution is -2.11. The second-order valence-electron chi connectivity index (χ2n) is 6.06. The van der Waals surface area contributed by atoms with Crippen LogP contribution in [0.1, 0.15) is 22.8 Å². The van der Waals surface area contributed by atoms with E-state index in [9.17, 15) is 13.2 Å². The van der Waals surface area contributed by atoms with Crippen molar-refractivity contribution in [1.82, 2.24) is 10.2 Å². The van der Waals surface area contributed by atoms with Crippen LogP contribution in [0.25, 0.3) is 11.3 Å². The fourth-order valence-electron chi connectivity index (χ4n) is 2.50. The van der Waals surface area contributed by atoms with Crippen LogP contribution in [0.2, 0.25) is 0 Å². The number of anilines is 1. The highest BCUT2D eigenvalue weighted by atomic mass is 32.2. The lowest BCUT2D eigenvalue weighted by molar-refractivity contribution is 0.102. The lowest BCUT2D eigenvalue weighted by atomic mass is 10.1. The summed E-state index contributed by atoms with van der Waals surface area (Å²) in [5.74, 6) is -0.198. The van der Waals surface area contributed by atoms with Gasteiger partial charge in [-0.3, -0.25) is 4.79 Å². The molecule has 0 aliphatic rings. The molecule has 1 amide bonds. The van der Waals surface area contributed by atoms with Crippen LogP contribution in [0.3, 0.4) is 0 Å². The van der Waals surface area contributed by atoms with Gasteiger partial charge in [-0.2, -0.15) is 0 Å². The van der Waals surface area contributed by atoms with Crippen molar-refractivity contribution < 1.29 is 13.2 Å². The molecule has 3 aromatic rings. The number of nitrogens with zero attached hydrogens (tertiary/aromatic N) is 2. The molecule has 0 radical (unpaired) electrons. The van der Waals surface area contributed by atoms with Crippen LogP contribution in [0.4, 0.5) is 5.69 Å². The number of aryl methyl sites for hydroxylation is 1. The molecule has 1 aromatic heterocycles. The summed E-state index contributed by atoms with van der Waals surface area (Å²) in [6, 6.07) is 17.6. The Labute approximate surface area is 158 Å². The van der Waals surface area contributed by atoms with Crippen molar-refractivity contribution in [2.24, 2.45) is 0 Å². The minimum absolute atomic E-state index is 0.0175. The Hall–Kier alpha value is -3.06. The number of carbonyl (C=O) groups excluding carboxylic acids is 1. The molecule has 3 rings (SSSR count). The van der Waals surface area contributed by atoms with Crippen LogP contribution >= 0.6 is 0 Å². The summed E-state index contributed by atoms with van der Waals surface area (Å²) in [6.07, 6.45) is 0. The van der Waals surface area contributed by atoms with E-state index >= 15 is 0 Å². The average Bonchev–Trinajstić information content (AvgIpc) is 2.68. The third-order valence-electron chi connectivity index (χ3n) is 4.06. The molecule has 0 atom stereocenters. The highest BCUT2D eigenvalue weighted by Gasteiger charge is 2.14. The van der Waals surface area contributed by atoms with Gasteiger partial charge < -0.3 is 5.32 Å². The number of aromatic nitrogens is 2. The summed E-state index contributed by atoms with van der Waals surface area (Å²) in [4.78, 5) is 12.3. The Morgan fingerprint density at radius 1 is 1.00 bits per heavy atom. The van der Waals surface area contributed by atoms with Gasteiger partial charge in [0.25, 0.3) is 5.91 Å². The zero-order valence-electron chi connectivity index (χ0n) is 15.0. The first-order chi connectivity index (χ1) is 12.9. The van der Waals surface area contributed by atoms with Crippen molar-refractivity contribution in [3.8, 4) is 11.3 Å². The number of hydrogen-bond donors (Lipinski definition) is 1. The molecule has 0 unspecified atom stereocenters. The van der Waals surface area contributed by atoms with Gasteiger partial charge in [0, 0.05) is 16.8 Å². The number of sulfone groups is 1. The van der Waals surface area contributed by atoms with E-state index in [1.165, 1.54) is 6.07 Å². The number of benzene rings is 2. The predicted molar refractivity (Wildman–Crippen MR) is 104 cm³/mol. The van der Waals surface area contributed by atoms with E-state index in [0.29, 0.717) is 16.9 Å². The van der Waals surface area contributed by atoms with E-state index in [-0.39, 0.29) is 16.7 Å². The second-order valence-corrected chi connectivity index (χ2v) is 8.29. The average molecular weight is 381 g/mol. The predicted octanol–water partition coefficient (Wildman–Crippen LogP) is 3.50. The molecule has 1 heterocycles. The quantitative estimate of drug-likeness (QED) is 0.731. The minimum atomic E-state index is -3.37. The van der Waals surface area contributed by atoms with Crippen molar-refractivity contribution >= 4 is 21.4 Å². The molecule has 6 nitrogen and oxygen atoms in total. The van der Waals surface area contributed by atoms with E-state index in [0.717, 1.165) is 11.1 Å². The van der Waals surface area contributed by atoms with E-state index in [2.05, 4.69) is 15.5 Å². The Bertz CT molecular complexity index is 1060. The van der Waals surface area contributed by atoms with Gasteiger partial charge in [-0.1, -0.05) is 36.8 Å². The topological polar surface area (TPSA) is 89.0 Å². The maximum atomic E-state index is 12.3. The summed E-state index contributed by atoms with van der Waals surface area (Å²) < 4.78 is 23.6. The number of amides is 1. The van der Waals surface area contributed by atoms with Crippen LogP contribution < -0.4 is 5.32 Å². The first-order valence-corrected chi connectivity index (χ1v) is 10.1. The largest absolute Gasteiger partial charge is 0.322 e. The first kappa shape index (κ1) is 18.7. The molecule has 27 heavy (non-hydrogen) atoms. The molecule has 0 spiro atoms. The van der Waals surface area contributed by atoms with Gasteiger partial charge in [-0.15, -0.1) is 10.2 Å². The molecule has 0 saturated carbocycles. The van der Waals surface area contributed by atoms with Gasteiger partial charge in [0.05, 0.1) is 11.4 Å². The maximum absolute atomic E-state index is 12.3. The van der Waals surface area contributed by atoms with Crippen molar-refractivity contribution in [3.63, 3.8) is 0 Å². The van der Waals surface area contributed by atoms with Crippen LogP contribution in [0.15, 0.2) is 65.7 Å². The standard InChI is InChI=1S/C20H19N3O3S/c1-3-27(25,26)19-12-11-18(22-23-19)15-7-9-17(10-8-15)21-20(24)16-6-4-5-14(2)13-16/h4-13H,3H2,1-2H3,(H,21,24). The molecular weight excluding hydrogens is 362 g/mol. The number of hydrogen-bond acceptors (Lipinski definition) is 5.